The first-order valence-electron chi connectivity index (χ1n) is 2.28. The Labute approximate surface area is 55.7 Å². The zero-order valence-electron chi connectivity index (χ0n) is 4.73. The molecule has 0 amide bonds. The molecule has 0 heterocycles. The van der Waals surface area contributed by atoms with E-state index in [4.69, 9.17) is 0 Å². The average molecular weight is 154 g/mol. The second kappa shape index (κ2) is 7.13. The van der Waals surface area contributed by atoms with Gasteiger partial charge >= 0.3 is 0 Å². The number of hydrogen-bond acceptors (Lipinski definition) is 2. The van der Waals surface area contributed by atoms with Crippen LogP contribution in [0.4, 0.5) is 0 Å². The molecule has 0 bridgehead atoms. The summed E-state index contributed by atoms with van der Waals surface area (Å²) in [5, 5.41) is 1.28. The van der Waals surface area contributed by atoms with E-state index in [1.165, 1.54) is 10.8 Å². The first-order valence-corrected chi connectivity index (χ1v) is 6.64. The third-order valence-electron chi connectivity index (χ3n) is 0.491. The lowest BCUT2D eigenvalue weighted by atomic mass is 11.0. The quantitative estimate of drug-likeness (QED) is 0.347. The molecule has 3 heteroatoms. The first kappa shape index (κ1) is 8.13. The van der Waals surface area contributed by atoms with E-state index in [0.717, 1.165) is 7.78 Å². The van der Waals surface area contributed by atoms with Gasteiger partial charge in [-0.15, -0.1) is 11.4 Å². The standard InChI is InChI=1S/C4H11PS2/c1-3-6-4-7-5-2/h5H,3-4H2,1-2H3. The third kappa shape index (κ3) is 7.13. The topological polar surface area (TPSA) is 0 Å². The maximum Gasteiger partial charge on any atom is 0.0430 e. The van der Waals surface area contributed by atoms with Crippen LogP contribution in [0.5, 0.6) is 0 Å². The van der Waals surface area contributed by atoms with Crippen molar-refractivity contribution in [2.24, 2.45) is 0 Å². The van der Waals surface area contributed by atoms with Gasteiger partial charge in [0.2, 0.25) is 0 Å². The van der Waals surface area contributed by atoms with E-state index < -0.39 is 0 Å². The molecule has 0 radical (unpaired) electrons. The molecular formula is C4H11PS2. The summed E-state index contributed by atoms with van der Waals surface area (Å²) in [4.78, 5) is 0. The molecule has 0 rings (SSSR count). The Hall–Kier alpha value is 1.13. The van der Waals surface area contributed by atoms with Gasteiger partial charge in [-0.25, -0.2) is 0 Å². The molecule has 0 N–H and O–H groups in total. The van der Waals surface area contributed by atoms with Gasteiger partial charge in [-0.05, 0) is 12.4 Å². The SMILES string of the molecule is CCSCSPC. The summed E-state index contributed by atoms with van der Waals surface area (Å²) in [6, 6.07) is 0. The molecule has 0 aliphatic rings. The predicted octanol–water partition coefficient (Wildman–Crippen LogP) is 2.65. The van der Waals surface area contributed by atoms with Crippen molar-refractivity contribution in [3.05, 3.63) is 0 Å². The Morgan fingerprint density at radius 1 is 1.57 bits per heavy atom. The van der Waals surface area contributed by atoms with Gasteiger partial charge in [0, 0.05) is 5.08 Å². The lowest BCUT2D eigenvalue weighted by Crippen LogP contribution is -1.64. The molecule has 0 spiro atoms. The fourth-order valence-electron chi connectivity index (χ4n) is 0.184. The molecule has 0 aliphatic heterocycles. The van der Waals surface area contributed by atoms with Gasteiger partial charge in [0.05, 0.1) is 0 Å². The molecule has 0 fully saturated rings. The van der Waals surface area contributed by atoms with Crippen LogP contribution in [0.25, 0.3) is 0 Å². The van der Waals surface area contributed by atoms with E-state index in [2.05, 4.69) is 13.6 Å². The molecule has 7 heavy (non-hydrogen) atoms. The fraction of sp³-hybridized carbons (Fsp3) is 1.00. The summed E-state index contributed by atoms with van der Waals surface area (Å²) < 4.78 is 0. The van der Waals surface area contributed by atoms with Crippen molar-refractivity contribution in [1.82, 2.24) is 0 Å². The van der Waals surface area contributed by atoms with Crippen LogP contribution in [-0.4, -0.2) is 17.5 Å². The molecule has 0 aliphatic carbocycles. The summed E-state index contributed by atoms with van der Waals surface area (Å²) >= 11 is 4.03. The van der Waals surface area contributed by atoms with E-state index in [-0.39, 0.29) is 0 Å². The van der Waals surface area contributed by atoms with Gasteiger partial charge in [0.25, 0.3) is 0 Å². The Kier molecular flexibility index (Phi) is 8.28. The number of rotatable bonds is 4. The molecule has 0 nitrogen and oxygen atoms in total. The van der Waals surface area contributed by atoms with Crippen molar-refractivity contribution in [3.8, 4) is 0 Å². The predicted molar refractivity (Wildman–Crippen MR) is 44.8 cm³/mol. The highest BCUT2D eigenvalue weighted by atomic mass is 32.7. The molecule has 0 aromatic carbocycles. The van der Waals surface area contributed by atoms with E-state index >= 15 is 0 Å². The maximum atomic E-state index is 2.22. The van der Waals surface area contributed by atoms with E-state index in [1.807, 2.05) is 23.1 Å². The van der Waals surface area contributed by atoms with Crippen LogP contribution in [0.2, 0.25) is 0 Å². The molecule has 0 saturated carbocycles. The van der Waals surface area contributed by atoms with Gasteiger partial charge in [-0.1, -0.05) is 14.7 Å². The minimum Gasteiger partial charge on any atom is -0.151 e. The average Bonchev–Trinajstić information content (AvgIpc) is 1.69. The molecule has 1 atom stereocenters. The zero-order chi connectivity index (χ0) is 5.54. The van der Waals surface area contributed by atoms with Crippen molar-refractivity contribution in [1.29, 1.82) is 0 Å². The van der Waals surface area contributed by atoms with Crippen molar-refractivity contribution in [2.75, 3.05) is 17.5 Å². The number of thioether (sulfide) groups is 1. The summed E-state index contributed by atoms with van der Waals surface area (Å²) in [7, 11) is 1.06. The monoisotopic (exact) mass is 154 g/mol. The van der Waals surface area contributed by atoms with E-state index in [9.17, 15) is 0 Å². The second-order valence-corrected chi connectivity index (χ2v) is 5.68. The summed E-state index contributed by atoms with van der Waals surface area (Å²) in [6.07, 6.45) is 0. The van der Waals surface area contributed by atoms with Gasteiger partial charge in [0.15, 0.2) is 0 Å². The molecule has 0 aromatic heterocycles. The Morgan fingerprint density at radius 3 is 2.71 bits per heavy atom. The molecular weight excluding hydrogens is 143 g/mol. The largest absolute Gasteiger partial charge is 0.151 e. The van der Waals surface area contributed by atoms with E-state index in [1.54, 1.807) is 0 Å². The normalized spacial score (nSPS) is 11.1. The van der Waals surface area contributed by atoms with Crippen molar-refractivity contribution in [2.45, 2.75) is 6.92 Å². The minimum absolute atomic E-state index is 1.06. The van der Waals surface area contributed by atoms with Crippen molar-refractivity contribution < 1.29 is 0 Å². The second-order valence-electron chi connectivity index (χ2n) is 0.959. The van der Waals surface area contributed by atoms with Crippen LogP contribution in [0.15, 0.2) is 0 Å². The molecule has 44 valence electrons. The minimum atomic E-state index is 1.06. The van der Waals surface area contributed by atoms with Gasteiger partial charge in [-0.3, -0.25) is 0 Å². The highest BCUT2D eigenvalue weighted by Gasteiger charge is 1.79. The number of hydrogen-bond donors (Lipinski definition) is 0. The molecule has 1 unspecified atom stereocenters. The van der Waals surface area contributed by atoms with Gasteiger partial charge in [0.1, 0.15) is 0 Å². The van der Waals surface area contributed by atoms with Crippen LogP contribution in [0.3, 0.4) is 0 Å². The van der Waals surface area contributed by atoms with Gasteiger partial charge in [-0.2, -0.15) is 11.8 Å². The Balaban J connectivity index is 2.45. The van der Waals surface area contributed by atoms with Crippen LogP contribution in [0.1, 0.15) is 6.92 Å². The lowest BCUT2D eigenvalue weighted by Gasteiger charge is -1.91. The first-order chi connectivity index (χ1) is 3.41. The summed E-state index contributed by atoms with van der Waals surface area (Å²) in [5.74, 6) is 1.26. The van der Waals surface area contributed by atoms with Crippen LogP contribution < -0.4 is 0 Å². The summed E-state index contributed by atoms with van der Waals surface area (Å²) in [6.45, 7) is 4.42. The van der Waals surface area contributed by atoms with Gasteiger partial charge < -0.3 is 0 Å². The molecule has 0 saturated heterocycles. The summed E-state index contributed by atoms with van der Waals surface area (Å²) in [5.41, 5.74) is 0. The third-order valence-corrected chi connectivity index (χ3v) is 4.25. The zero-order valence-corrected chi connectivity index (χ0v) is 7.36. The highest BCUT2D eigenvalue weighted by Crippen LogP contribution is 2.27. The Bertz CT molecular complexity index is 28.9. The van der Waals surface area contributed by atoms with Crippen molar-refractivity contribution >= 4 is 30.9 Å². The maximum absolute atomic E-state index is 2.22. The Morgan fingerprint density at radius 2 is 2.29 bits per heavy atom. The fourth-order valence-corrected chi connectivity index (χ4v) is 3.47. The molecule has 0 aromatic rings. The van der Waals surface area contributed by atoms with Crippen molar-refractivity contribution in [3.63, 3.8) is 0 Å². The van der Waals surface area contributed by atoms with Crippen LogP contribution in [-0.2, 0) is 0 Å². The smallest absolute Gasteiger partial charge is 0.0430 e. The lowest BCUT2D eigenvalue weighted by molar-refractivity contribution is 1.53. The highest BCUT2D eigenvalue weighted by molar-refractivity contribution is 8.52. The van der Waals surface area contributed by atoms with Crippen LogP contribution in [0, 0.1) is 0 Å². The van der Waals surface area contributed by atoms with Crippen LogP contribution >= 0.6 is 30.9 Å². The van der Waals surface area contributed by atoms with E-state index in [0.29, 0.717) is 0 Å².